The van der Waals surface area contributed by atoms with Crippen LogP contribution in [0, 0.1) is 0 Å². The molecule has 0 spiro atoms. The van der Waals surface area contributed by atoms with Crippen molar-refractivity contribution in [3.05, 3.63) is 36.2 Å². The van der Waals surface area contributed by atoms with Crippen molar-refractivity contribution >= 4 is 0 Å². The van der Waals surface area contributed by atoms with Crippen LogP contribution in [0.1, 0.15) is 31.4 Å². The first-order valence-electron chi connectivity index (χ1n) is 7.00. The van der Waals surface area contributed by atoms with Crippen LogP contribution in [0.3, 0.4) is 0 Å². The molecule has 1 aromatic heterocycles. The Labute approximate surface area is 118 Å². The van der Waals surface area contributed by atoms with E-state index in [-0.39, 0.29) is 6.04 Å². The lowest BCUT2D eigenvalue weighted by Crippen LogP contribution is -2.38. The molecule has 1 aromatic carbocycles. The third-order valence-corrected chi connectivity index (χ3v) is 3.63. The van der Waals surface area contributed by atoms with Gasteiger partial charge in [-0.15, -0.1) is 5.10 Å². The van der Waals surface area contributed by atoms with Gasteiger partial charge in [-0.3, -0.25) is 0 Å². The van der Waals surface area contributed by atoms with Gasteiger partial charge in [-0.25, -0.2) is 4.68 Å². The third-order valence-electron chi connectivity index (χ3n) is 3.63. The molecule has 6 nitrogen and oxygen atoms in total. The number of rotatable bonds is 4. The molecular formula is C14H19N5O. The predicted octanol–water partition coefficient (Wildman–Crippen LogP) is 1.49. The first-order valence-corrected chi connectivity index (χ1v) is 7.00. The number of nitrogens with one attached hydrogen (secondary N) is 1. The van der Waals surface area contributed by atoms with Crippen LogP contribution >= 0.6 is 0 Å². The molecule has 20 heavy (non-hydrogen) atoms. The standard InChI is InChI=1S/C14H19N5O/c1-11(16-13-5-3-7-20-9-13)12-4-2-6-14(8-12)19-10-15-17-18-19/h2,4,6,8,10-11,13,16H,3,5,7,9H2,1H3. The maximum atomic E-state index is 5.51. The van der Waals surface area contributed by atoms with Crippen LogP contribution in [0.25, 0.3) is 5.69 Å². The zero-order chi connectivity index (χ0) is 13.8. The second kappa shape index (κ2) is 6.11. The fourth-order valence-electron chi connectivity index (χ4n) is 2.54. The van der Waals surface area contributed by atoms with Crippen molar-refractivity contribution in [2.24, 2.45) is 0 Å². The van der Waals surface area contributed by atoms with Crippen LogP contribution < -0.4 is 5.32 Å². The molecule has 6 heteroatoms. The van der Waals surface area contributed by atoms with Crippen molar-refractivity contribution in [2.75, 3.05) is 13.2 Å². The zero-order valence-corrected chi connectivity index (χ0v) is 11.6. The van der Waals surface area contributed by atoms with Gasteiger partial charge in [0.15, 0.2) is 0 Å². The summed E-state index contributed by atoms with van der Waals surface area (Å²) >= 11 is 0. The molecule has 3 rings (SSSR count). The summed E-state index contributed by atoms with van der Waals surface area (Å²) in [5.41, 5.74) is 2.20. The van der Waals surface area contributed by atoms with Crippen molar-refractivity contribution in [1.82, 2.24) is 25.5 Å². The van der Waals surface area contributed by atoms with Crippen molar-refractivity contribution in [1.29, 1.82) is 0 Å². The number of tetrazole rings is 1. The molecule has 1 aliphatic heterocycles. The van der Waals surface area contributed by atoms with Crippen LogP contribution in [-0.4, -0.2) is 39.5 Å². The Morgan fingerprint density at radius 3 is 3.15 bits per heavy atom. The highest BCUT2D eigenvalue weighted by atomic mass is 16.5. The molecule has 1 saturated heterocycles. The largest absolute Gasteiger partial charge is 0.380 e. The Morgan fingerprint density at radius 2 is 2.40 bits per heavy atom. The van der Waals surface area contributed by atoms with Gasteiger partial charge < -0.3 is 10.1 Å². The van der Waals surface area contributed by atoms with Crippen LogP contribution in [0.5, 0.6) is 0 Å². The van der Waals surface area contributed by atoms with E-state index in [1.54, 1.807) is 11.0 Å². The van der Waals surface area contributed by atoms with Crippen molar-refractivity contribution in [3.63, 3.8) is 0 Å². The van der Waals surface area contributed by atoms with Crippen molar-refractivity contribution < 1.29 is 4.74 Å². The Bertz CT molecular complexity index is 536. The summed E-state index contributed by atoms with van der Waals surface area (Å²) in [5, 5.41) is 14.9. The molecule has 1 aliphatic rings. The molecule has 0 amide bonds. The van der Waals surface area contributed by atoms with Crippen molar-refractivity contribution in [2.45, 2.75) is 31.8 Å². The lowest BCUT2D eigenvalue weighted by molar-refractivity contribution is 0.0671. The molecule has 1 N–H and O–H groups in total. The monoisotopic (exact) mass is 273 g/mol. The number of nitrogens with zero attached hydrogens (tertiary/aromatic N) is 4. The normalized spacial score (nSPS) is 20.8. The first kappa shape index (κ1) is 13.2. The second-order valence-electron chi connectivity index (χ2n) is 5.15. The zero-order valence-electron chi connectivity index (χ0n) is 11.6. The Hall–Kier alpha value is -1.79. The summed E-state index contributed by atoms with van der Waals surface area (Å²) in [6, 6.07) is 8.97. The molecule has 2 atom stereocenters. The van der Waals surface area contributed by atoms with Crippen molar-refractivity contribution in [3.8, 4) is 5.69 Å². The highest BCUT2D eigenvalue weighted by molar-refractivity contribution is 5.35. The van der Waals surface area contributed by atoms with Gasteiger partial charge in [-0.05, 0) is 47.9 Å². The van der Waals surface area contributed by atoms with Gasteiger partial charge in [0.1, 0.15) is 6.33 Å². The van der Waals surface area contributed by atoms with Gasteiger partial charge in [0.05, 0.1) is 12.3 Å². The van der Waals surface area contributed by atoms with Crippen LogP contribution in [0.2, 0.25) is 0 Å². The lowest BCUT2D eigenvalue weighted by atomic mass is 10.0. The quantitative estimate of drug-likeness (QED) is 0.914. The average molecular weight is 273 g/mol. The summed E-state index contributed by atoms with van der Waals surface area (Å²) in [5.74, 6) is 0. The molecule has 0 aliphatic carbocycles. The summed E-state index contributed by atoms with van der Waals surface area (Å²) in [7, 11) is 0. The Balaban J connectivity index is 1.71. The summed E-state index contributed by atoms with van der Waals surface area (Å²) in [4.78, 5) is 0. The number of hydrogen-bond acceptors (Lipinski definition) is 5. The van der Waals surface area contributed by atoms with E-state index >= 15 is 0 Å². The van der Waals surface area contributed by atoms with E-state index in [4.69, 9.17) is 4.74 Å². The Morgan fingerprint density at radius 1 is 1.45 bits per heavy atom. The Kier molecular flexibility index (Phi) is 4.03. The number of benzene rings is 1. The highest BCUT2D eigenvalue weighted by Crippen LogP contribution is 2.18. The number of ether oxygens (including phenoxy) is 1. The molecule has 0 saturated carbocycles. The van der Waals surface area contributed by atoms with Gasteiger partial charge in [0, 0.05) is 18.7 Å². The maximum absolute atomic E-state index is 5.51. The first-order chi connectivity index (χ1) is 9.83. The van der Waals surface area contributed by atoms with E-state index in [0.29, 0.717) is 6.04 Å². The van der Waals surface area contributed by atoms with Gasteiger partial charge in [0.2, 0.25) is 0 Å². The van der Waals surface area contributed by atoms with Gasteiger partial charge in [-0.1, -0.05) is 12.1 Å². The molecule has 1 fully saturated rings. The minimum Gasteiger partial charge on any atom is -0.380 e. The minimum absolute atomic E-state index is 0.276. The number of hydrogen-bond donors (Lipinski definition) is 1. The van der Waals surface area contributed by atoms with Gasteiger partial charge in [-0.2, -0.15) is 0 Å². The van der Waals surface area contributed by atoms with Crippen LogP contribution in [0.15, 0.2) is 30.6 Å². The predicted molar refractivity (Wildman–Crippen MR) is 74.5 cm³/mol. The molecule has 2 unspecified atom stereocenters. The van der Waals surface area contributed by atoms with Crippen LogP contribution in [0.4, 0.5) is 0 Å². The minimum atomic E-state index is 0.276. The smallest absolute Gasteiger partial charge is 0.143 e. The molecular weight excluding hydrogens is 254 g/mol. The fourth-order valence-corrected chi connectivity index (χ4v) is 2.54. The molecule has 2 aromatic rings. The second-order valence-corrected chi connectivity index (χ2v) is 5.15. The van der Waals surface area contributed by atoms with E-state index in [0.717, 1.165) is 25.3 Å². The van der Waals surface area contributed by atoms with Gasteiger partial charge in [0.25, 0.3) is 0 Å². The number of aromatic nitrogens is 4. The average Bonchev–Trinajstić information content (AvgIpc) is 3.03. The summed E-state index contributed by atoms with van der Waals surface area (Å²) in [6.07, 6.45) is 3.91. The molecule has 0 bridgehead atoms. The maximum Gasteiger partial charge on any atom is 0.143 e. The SMILES string of the molecule is CC(NC1CCCOC1)c1cccc(-n2cnnn2)c1. The topological polar surface area (TPSA) is 64.9 Å². The highest BCUT2D eigenvalue weighted by Gasteiger charge is 2.17. The van der Waals surface area contributed by atoms with E-state index in [1.165, 1.54) is 12.0 Å². The van der Waals surface area contributed by atoms with Gasteiger partial charge >= 0.3 is 0 Å². The van der Waals surface area contributed by atoms with Crippen LogP contribution in [-0.2, 0) is 4.74 Å². The van der Waals surface area contributed by atoms with E-state index in [1.807, 2.05) is 12.1 Å². The molecule has 0 radical (unpaired) electrons. The third kappa shape index (κ3) is 3.02. The lowest BCUT2D eigenvalue weighted by Gasteiger charge is -2.27. The molecule has 2 heterocycles. The van der Waals surface area contributed by atoms with E-state index in [9.17, 15) is 0 Å². The van der Waals surface area contributed by atoms with E-state index < -0.39 is 0 Å². The summed E-state index contributed by atoms with van der Waals surface area (Å²) in [6.45, 7) is 3.87. The summed E-state index contributed by atoms with van der Waals surface area (Å²) < 4.78 is 7.17. The molecule has 106 valence electrons. The fraction of sp³-hybridized carbons (Fsp3) is 0.500. The van der Waals surface area contributed by atoms with E-state index in [2.05, 4.69) is 39.9 Å².